The average Bonchev–Trinajstić information content (AvgIpc) is 3.26. The van der Waals surface area contributed by atoms with Gasteiger partial charge in [0.05, 0.1) is 41.0 Å². The lowest BCUT2D eigenvalue weighted by atomic mass is 10.1. The predicted octanol–water partition coefficient (Wildman–Crippen LogP) is 5.12. The second kappa shape index (κ2) is 11.5. The standard InChI is InChI=1S/C28H27ClFN3O5/c1-17-4-2-3-5-24(17)33(28(31)37)25-11-6-18(12-23(25)29)13-26(34)32-15-20(30)14-21(32)16-38-22-9-7-19(8-10-22)27(35)36/h2-12,20-21H,13-16H2,1H3,(H2,31,37)(H,35,36)/t20-,21-/m0/s1. The van der Waals surface area contributed by atoms with Gasteiger partial charge < -0.3 is 20.5 Å². The largest absolute Gasteiger partial charge is 0.491 e. The summed E-state index contributed by atoms with van der Waals surface area (Å²) in [5, 5.41) is 9.26. The Morgan fingerprint density at radius 3 is 2.45 bits per heavy atom. The highest BCUT2D eigenvalue weighted by molar-refractivity contribution is 6.34. The smallest absolute Gasteiger partial charge is 0.335 e. The molecule has 3 amide bonds. The number of halogens is 2. The zero-order valence-electron chi connectivity index (χ0n) is 20.6. The lowest BCUT2D eigenvalue weighted by molar-refractivity contribution is -0.132. The van der Waals surface area contributed by atoms with Crippen molar-refractivity contribution in [2.24, 2.45) is 5.73 Å². The monoisotopic (exact) mass is 539 g/mol. The van der Waals surface area contributed by atoms with Crippen molar-refractivity contribution >= 4 is 40.9 Å². The van der Waals surface area contributed by atoms with Crippen molar-refractivity contribution < 1.29 is 28.6 Å². The third-order valence-electron chi connectivity index (χ3n) is 6.41. The van der Waals surface area contributed by atoms with Crippen LogP contribution in [0.3, 0.4) is 0 Å². The molecule has 1 fully saturated rings. The van der Waals surface area contributed by atoms with Crippen LogP contribution in [0.1, 0.15) is 27.9 Å². The van der Waals surface area contributed by atoms with Gasteiger partial charge in [0.1, 0.15) is 18.5 Å². The lowest BCUT2D eigenvalue weighted by Gasteiger charge is -2.25. The number of carbonyl (C=O) groups is 3. The number of benzene rings is 3. The minimum Gasteiger partial charge on any atom is -0.491 e. The molecule has 8 nitrogen and oxygen atoms in total. The summed E-state index contributed by atoms with van der Waals surface area (Å²) < 4.78 is 20.0. The van der Waals surface area contributed by atoms with E-state index in [9.17, 15) is 18.8 Å². The van der Waals surface area contributed by atoms with Crippen LogP contribution in [-0.4, -0.2) is 53.3 Å². The Kier molecular flexibility index (Phi) is 8.16. The van der Waals surface area contributed by atoms with Crippen LogP contribution >= 0.6 is 11.6 Å². The van der Waals surface area contributed by atoms with Crippen LogP contribution in [0.15, 0.2) is 66.7 Å². The highest BCUT2D eigenvalue weighted by atomic mass is 35.5. The molecule has 0 bridgehead atoms. The number of primary amides is 1. The first-order chi connectivity index (χ1) is 18.1. The molecule has 3 aromatic carbocycles. The molecule has 1 aliphatic rings. The van der Waals surface area contributed by atoms with Gasteiger partial charge >= 0.3 is 12.0 Å². The zero-order chi connectivity index (χ0) is 27.4. The second-order valence-electron chi connectivity index (χ2n) is 9.10. The van der Waals surface area contributed by atoms with E-state index in [0.717, 1.165) is 5.56 Å². The molecular weight excluding hydrogens is 513 g/mol. The van der Waals surface area contributed by atoms with Crippen LogP contribution in [0.2, 0.25) is 5.02 Å². The molecule has 0 radical (unpaired) electrons. The number of urea groups is 1. The normalized spacial score (nSPS) is 16.8. The first-order valence-electron chi connectivity index (χ1n) is 12.0. The first kappa shape index (κ1) is 26.9. The van der Waals surface area contributed by atoms with E-state index in [1.54, 1.807) is 30.3 Å². The van der Waals surface area contributed by atoms with E-state index < -0.39 is 24.2 Å². The summed E-state index contributed by atoms with van der Waals surface area (Å²) in [6, 6.07) is 16.9. The molecule has 198 valence electrons. The summed E-state index contributed by atoms with van der Waals surface area (Å²) in [7, 11) is 0. The summed E-state index contributed by atoms with van der Waals surface area (Å²) in [5.74, 6) is -0.899. The van der Waals surface area contributed by atoms with E-state index in [4.69, 9.17) is 27.2 Å². The quantitative estimate of drug-likeness (QED) is 0.412. The van der Waals surface area contributed by atoms with Crippen LogP contribution in [0, 0.1) is 6.92 Å². The number of aryl methyl sites for hydroxylation is 1. The number of carboxylic acids is 1. The number of ether oxygens (including phenoxy) is 1. The van der Waals surface area contributed by atoms with Gasteiger partial charge in [-0.15, -0.1) is 0 Å². The van der Waals surface area contributed by atoms with Crippen molar-refractivity contribution in [3.8, 4) is 5.75 Å². The Bertz CT molecular complexity index is 1350. The Hall–Kier alpha value is -4.11. The number of hydrogen-bond acceptors (Lipinski definition) is 4. The van der Waals surface area contributed by atoms with E-state index in [1.165, 1.54) is 34.1 Å². The number of carbonyl (C=O) groups excluding carboxylic acids is 2. The molecule has 10 heteroatoms. The van der Waals surface area contributed by atoms with Crippen molar-refractivity contribution in [1.82, 2.24) is 4.90 Å². The highest BCUT2D eigenvalue weighted by Gasteiger charge is 2.35. The van der Waals surface area contributed by atoms with Gasteiger partial charge in [-0.1, -0.05) is 35.9 Å². The highest BCUT2D eigenvalue weighted by Crippen LogP contribution is 2.34. The number of nitrogens with two attached hydrogens (primary N) is 1. The SMILES string of the molecule is Cc1ccccc1N(C(N)=O)c1ccc(CC(=O)N2C[C@@H](F)C[C@H]2COc2ccc(C(=O)O)cc2)cc1Cl. The van der Waals surface area contributed by atoms with Crippen LogP contribution in [0.25, 0.3) is 0 Å². The van der Waals surface area contributed by atoms with Gasteiger partial charge in [-0.2, -0.15) is 0 Å². The number of alkyl halides is 1. The summed E-state index contributed by atoms with van der Waals surface area (Å²) in [6.07, 6.45) is -1.05. The van der Waals surface area contributed by atoms with Crippen molar-refractivity contribution in [1.29, 1.82) is 0 Å². The summed E-state index contributed by atoms with van der Waals surface area (Å²) >= 11 is 6.52. The van der Waals surface area contributed by atoms with E-state index >= 15 is 0 Å². The molecular formula is C28H27ClFN3O5. The molecule has 0 saturated carbocycles. The molecule has 3 aromatic rings. The fourth-order valence-corrected chi connectivity index (χ4v) is 4.80. The third-order valence-corrected chi connectivity index (χ3v) is 6.72. The molecule has 2 atom stereocenters. The first-order valence-corrected chi connectivity index (χ1v) is 12.3. The number of nitrogens with zero attached hydrogens (tertiary/aromatic N) is 2. The number of hydrogen-bond donors (Lipinski definition) is 2. The Balaban J connectivity index is 1.45. The van der Waals surface area contributed by atoms with E-state index in [1.807, 2.05) is 19.1 Å². The van der Waals surface area contributed by atoms with Crippen LogP contribution in [-0.2, 0) is 11.2 Å². The van der Waals surface area contributed by atoms with Gasteiger partial charge in [-0.3, -0.25) is 9.69 Å². The van der Waals surface area contributed by atoms with Crippen molar-refractivity contribution in [2.75, 3.05) is 18.1 Å². The van der Waals surface area contributed by atoms with Gasteiger partial charge in [0.2, 0.25) is 5.91 Å². The van der Waals surface area contributed by atoms with Crippen molar-refractivity contribution in [2.45, 2.75) is 32.0 Å². The minimum atomic E-state index is -1.17. The molecule has 0 spiro atoms. The molecule has 1 heterocycles. The molecule has 0 aromatic heterocycles. The molecule has 1 saturated heterocycles. The van der Waals surface area contributed by atoms with Gasteiger partial charge in [0, 0.05) is 6.42 Å². The number of aromatic carboxylic acids is 1. The molecule has 1 aliphatic heterocycles. The Morgan fingerprint density at radius 1 is 1.11 bits per heavy atom. The van der Waals surface area contributed by atoms with Crippen LogP contribution in [0.5, 0.6) is 5.75 Å². The fourth-order valence-electron chi connectivity index (χ4n) is 4.51. The summed E-state index contributed by atoms with van der Waals surface area (Å²) in [5.41, 5.74) is 8.20. The van der Waals surface area contributed by atoms with Crippen molar-refractivity contribution in [3.05, 3.63) is 88.4 Å². The maximum absolute atomic E-state index is 14.3. The van der Waals surface area contributed by atoms with Crippen LogP contribution in [0.4, 0.5) is 20.6 Å². The molecule has 0 unspecified atom stereocenters. The topological polar surface area (TPSA) is 113 Å². The zero-order valence-corrected chi connectivity index (χ0v) is 21.4. The fraction of sp³-hybridized carbons (Fsp3) is 0.250. The molecule has 3 N–H and O–H groups in total. The third kappa shape index (κ3) is 6.06. The average molecular weight is 540 g/mol. The minimum absolute atomic E-state index is 0.0164. The van der Waals surface area contributed by atoms with Gasteiger partial charge in [0.25, 0.3) is 0 Å². The molecule has 0 aliphatic carbocycles. The number of rotatable bonds is 8. The Labute approximate surface area is 224 Å². The maximum atomic E-state index is 14.3. The van der Waals surface area contributed by atoms with Crippen molar-refractivity contribution in [3.63, 3.8) is 0 Å². The number of anilines is 2. The lowest BCUT2D eigenvalue weighted by Crippen LogP contribution is -2.40. The van der Waals surface area contributed by atoms with E-state index in [-0.39, 0.29) is 42.5 Å². The van der Waals surface area contributed by atoms with E-state index in [0.29, 0.717) is 22.7 Å². The van der Waals surface area contributed by atoms with Gasteiger partial charge in [0.15, 0.2) is 0 Å². The Morgan fingerprint density at radius 2 is 1.82 bits per heavy atom. The number of likely N-dealkylation sites (tertiary alicyclic amines) is 1. The second-order valence-corrected chi connectivity index (χ2v) is 9.50. The maximum Gasteiger partial charge on any atom is 0.335 e. The summed E-state index contributed by atoms with van der Waals surface area (Å²) in [4.78, 5) is 39.2. The number of amides is 3. The van der Waals surface area contributed by atoms with E-state index in [2.05, 4.69) is 0 Å². The van der Waals surface area contributed by atoms with Crippen LogP contribution < -0.4 is 15.4 Å². The summed E-state index contributed by atoms with van der Waals surface area (Å²) in [6.45, 7) is 1.88. The molecule has 4 rings (SSSR count). The number of para-hydroxylation sites is 1. The van der Waals surface area contributed by atoms with Gasteiger partial charge in [-0.05, 0) is 60.5 Å². The predicted molar refractivity (Wildman–Crippen MR) is 142 cm³/mol. The molecule has 38 heavy (non-hydrogen) atoms. The van der Waals surface area contributed by atoms with Gasteiger partial charge in [-0.25, -0.2) is 14.0 Å². The number of carboxylic acid groups (broad SMARTS) is 1.